The molecule has 6 aromatic rings. The Morgan fingerprint density at radius 3 is 1.07 bits per heavy atom. The standard InChI is InChI=1S/C27H25F3N4O3.C16H15F6N3O3.C13H11NO2.CH4/c28-27(29,30)23-9-5-4-8-22(23)26(37)34-16-14-33(15-17-34)24(35)18-31-25(36)19-10-12-21(13-11-19)32-20-6-2-1-3-7-20;17-15(18,19)11-4-2-1-3-10(11)13(27)25-7-5-24(6-8-25)12(26)9-23-14(28)16(20,21)22;15-13(16)10-6-8-12(9-7-10)14-11-4-2-1-3-5-11;/h1-13,32H,14-18H2,(H,31,36);1-4H,5-9H2,(H,23,28);1-9,14H,(H,15,16);1H4. The van der Waals surface area contributed by atoms with Crippen molar-refractivity contribution >= 4 is 64.2 Å². The monoisotopic (exact) mass is 1150 g/mol. The number of carboxylic acid groups (broad SMARTS) is 1. The molecule has 2 saturated heterocycles. The number of piperazine rings is 2. The highest BCUT2D eigenvalue weighted by molar-refractivity contribution is 5.98. The van der Waals surface area contributed by atoms with Gasteiger partial charge in [-0.25, -0.2) is 4.79 Å². The Morgan fingerprint density at radius 2 is 0.720 bits per heavy atom. The molecule has 2 fully saturated rings. The molecule has 0 unspecified atom stereocenters. The number of amides is 6. The minimum atomic E-state index is -5.11. The maximum Gasteiger partial charge on any atom is 0.471 e. The van der Waals surface area contributed by atoms with E-state index in [9.17, 15) is 73.1 Å². The fraction of sp³-hybridized carbons (Fsp3) is 0.246. The zero-order chi connectivity index (χ0) is 58.9. The molecule has 0 aromatic heterocycles. The number of carbonyl (C=O) groups is 7. The van der Waals surface area contributed by atoms with E-state index in [0.717, 1.165) is 62.9 Å². The van der Waals surface area contributed by atoms with Crippen molar-refractivity contribution in [1.29, 1.82) is 0 Å². The third kappa shape index (κ3) is 18.3. The normalized spacial score (nSPS) is 13.3. The number of hydrogen-bond acceptors (Lipinski definition) is 9. The number of benzene rings is 6. The molecule has 16 nitrogen and oxygen atoms in total. The second-order valence-electron chi connectivity index (χ2n) is 17.7. The second kappa shape index (κ2) is 28.6. The fourth-order valence-electron chi connectivity index (χ4n) is 8.01. The number of nitrogens with one attached hydrogen (secondary N) is 4. The van der Waals surface area contributed by atoms with E-state index in [-0.39, 0.29) is 72.2 Å². The molecule has 2 aliphatic heterocycles. The van der Waals surface area contributed by atoms with Gasteiger partial charge in [-0.2, -0.15) is 39.5 Å². The third-order valence-electron chi connectivity index (χ3n) is 12.2. The average molecular weight is 1150 g/mol. The molecule has 82 heavy (non-hydrogen) atoms. The predicted molar refractivity (Wildman–Crippen MR) is 285 cm³/mol. The first-order valence-corrected chi connectivity index (χ1v) is 24.6. The number of anilines is 4. The van der Waals surface area contributed by atoms with Crippen molar-refractivity contribution in [3.05, 3.63) is 191 Å². The lowest BCUT2D eigenvalue weighted by Crippen LogP contribution is -2.53. The zero-order valence-electron chi connectivity index (χ0n) is 42.6. The molecule has 0 radical (unpaired) electrons. The summed E-state index contributed by atoms with van der Waals surface area (Å²) in [5.41, 5.74) is 1.27. The number of halogens is 9. The summed E-state index contributed by atoms with van der Waals surface area (Å²) in [4.78, 5) is 88.4. The number of para-hydroxylation sites is 2. The van der Waals surface area contributed by atoms with Crippen molar-refractivity contribution in [2.45, 2.75) is 26.0 Å². The van der Waals surface area contributed by atoms with Gasteiger partial charge in [0, 0.05) is 80.7 Å². The van der Waals surface area contributed by atoms with Gasteiger partial charge in [0.05, 0.1) is 40.9 Å². The minimum absolute atomic E-state index is 0. The van der Waals surface area contributed by atoms with Crippen LogP contribution in [0.25, 0.3) is 0 Å². The van der Waals surface area contributed by atoms with Crippen molar-refractivity contribution < 1.29 is 78.2 Å². The first-order chi connectivity index (χ1) is 38.4. The summed E-state index contributed by atoms with van der Waals surface area (Å²) in [6, 6.07) is 41.7. The summed E-state index contributed by atoms with van der Waals surface area (Å²) in [5, 5.41) is 19.2. The van der Waals surface area contributed by atoms with Gasteiger partial charge in [0.1, 0.15) is 0 Å². The van der Waals surface area contributed by atoms with Crippen LogP contribution in [-0.4, -0.2) is 138 Å². The Morgan fingerprint density at radius 1 is 0.402 bits per heavy atom. The molecule has 6 aromatic carbocycles. The number of rotatable bonds is 12. The van der Waals surface area contributed by atoms with Gasteiger partial charge in [0.2, 0.25) is 11.8 Å². The number of nitrogens with zero attached hydrogens (tertiary/aromatic N) is 4. The quantitative estimate of drug-likeness (QED) is 0.0735. The van der Waals surface area contributed by atoms with E-state index in [4.69, 9.17) is 5.11 Å². The summed E-state index contributed by atoms with van der Waals surface area (Å²) in [7, 11) is 0. The van der Waals surface area contributed by atoms with Crippen molar-refractivity contribution in [2.75, 3.05) is 76.1 Å². The number of carbonyl (C=O) groups excluding carboxylic acids is 6. The molecule has 8 rings (SSSR count). The molecular formula is C57H55F9N8O8. The van der Waals surface area contributed by atoms with Crippen molar-refractivity contribution in [2.24, 2.45) is 0 Å². The molecule has 2 aliphatic rings. The number of alkyl halides is 9. The molecule has 0 spiro atoms. The molecular weight excluding hydrogens is 1100 g/mol. The van der Waals surface area contributed by atoms with Crippen LogP contribution in [0.4, 0.5) is 62.3 Å². The lowest BCUT2D eigenvalue weighted by atomic mass is 10.1. The molecule has 2 heterocycles. The topological polar surface area (TPSA) is 201 Å². The highest BCUT2D eigenvalue weighted by Gasteiger charge is 2.40. The molecule has 0 saturated carbocycles. The summed E-state index contributed by atoms with van der Waals surface area (Å²) >= 11 is 0. The molecule has 6 amide bonds. The lowest BCUT2D eigenvalue weighted by molar-refractivity contribution is -0.174. The van der Waals surface area contributed by atoms with Crippen LogP contribution in [0.2, 0.25) is 0 Å². The van der Waals surface area contributed by atoms with Crippen LogP contribution in [-0.2, 0) is 26.7 Å². The van der Waals surface area contributed by atoms with Gasteiger partial charge >= 0.3 is 30.4 Å². The molecule has 5 N–H and O–H groups in total. The smallest absolute Gasteiger partial charge is 0.471 e. The predicted octanol–water partition coefficient (Wildman–Crippen LogP) is 9.60. The van der Waals surface area contributed by atoms with Crippen LogP contribution in [0.3, 0.4) is 0 Å². The van der Waals surface area contributed by atoms with E-state index in [1.165, 1.54) is 33.3 Å². The summed E-state index contributed by atoms with van der Waals surface area (Å²) < 4.78 is 115. The van der Waals surface area contributed by atoms with Crippen molar-refractivity contribution in [3.63, 3.8) is 0 Å². The number of hydrogen-bond donors (Lipinski definition) is 5. The summed E-state index contributed by atoms with van der Waals surface area (Å²) in [5.74, 6) is -6.27. The third-order valence-corrected chi connectivity index (χ3v) is 12.2. The van der Waals surface area contributed by atoms with Gasteiger partial charge in [-0.3, -0.25) is 28.8 Å². The van der Waals surface area contributed by atoms with Gasteiger partial charge in [-0.05, 0) is 97.1 Å². The van der Waals surface area contributed by atoms with Gasteiger partial charge in [0.15, 0.2) is 0 Å². The highest BCUT2D eigenvalue weighted by atomic mass is 19.4. The van der Waals surface area contributed by atoms with Crippen LogP contribution in [0.15, 0.2) is 158 Å². The lowest BCUT2D eigenvalue weighted by Gasteiger charge is -2.35. The van der Waals surface area contributed by atoms with Crippen LogP contribution >= 0.6 is 0 Å². The van der Waals surface area contributed by atoms with Crippen LogP contribution in [0.5, 0.6) is 0 Å². The van der Waals surface area contributed by atoms with Gasteiger partial charge < -0.3 is 46.0 Å². The maximum atomic E-state index is 13.3. The average Bonchev–Trinajstić information content (AvgIpc) is 3.47. The first-order valence-electron chi connectivity index (χ1n) is 24.6. The Hall–Kier alpha value is -9.42. The fourth-order valence-corrected chi connectivity index (χ4v) is 8.01. The maximum absolute atomic E-state index is 13.3. The van der Waals surface area contributed by atoms with E-state index < -0.39 is 82.8 Å². The SMILES string of the molecule is C.O=C(CNC(=O)C(F)(F)F)N1CCN(C(=O)c2ccccc2C(F)(F)F)CC1.O=C(NCC(=O)N1CCN(C(=O)c2ccccc2C(F)(F)F)CC1)c1ccc(Nc2ccccc2)cc1.O=C(O)c1ccc(Nc2ccccc2)cc1. The molecule has 25 heteroatoms. The summed E-state index contributed by atoms with van der Waals surface area (Å²) in [6.45, 7) is -0.934. The van der Waals surface area contributed by atoms with Gasteiger partial charge in [-0.1, -0.05) is 68.1 Å². The van der Waals surface area contributed by atoms with Gasteiger partial charge in [0.25, 0.3) is 17.7 Å². The van der Waals surface area contributed by atoms with E-state index in [0.29, 0.717) is 11.1 Å². The second-order valence-corrected chi connectivity index (χ2v) is 17.7. The van der Waals surface area contributed by atoms with E-state index in [2.05, 4.69) is 16.0 Å². The molecule has 0 aliphatic carbocycles. The Kier molecular flexibility index (Phi) is 22.1. The highest BCUT2D eigenvalue weighted by Crippen LogP contribution is 2.34. The number of aromatic carboxylic acids is 1. The largest absolute Gasteiger partial charge is 0.478 e. The molecule has 0 atom stereocenters. The van der Waals surface area contributed by atoms with Crippen LogP contribution in [0.1, 0.15) is 60.0 Å². The first kappa shape index (κ1) is 63.4. The van der Waals surface area contributed by atoms with Crippen molar-refractivity contribution in [1.82, 2.24) is 30.2 Å². The van der Waals surface area contributed by atoms with E-state index in [1.807, 2.05) is 60.7 Å². The summed E-state index contributed by atoms with van der Waals surface area (Å²) in [6.07, 6.45) is -14.5. The van der Waals surface area contributed by atoms with E-state index >= 15 is 0 Å². The van der Waals surface area contributed by atoms with Crippen LogP contribution < -0.4 is 21.3 Å². The number of carboxylic acids is 1. The Bertz CT molecular complexity index is 3130. The Balaban J connectivity index is 0.000000241. The minimum Gasteiger partial charge on any atom is -0.478 e. The van der Waals surface area contributed by atoms with Gasteiger partial charge in [-0.15, -0.1) is 0 Å². The molecule has 434 valence electrons. The zero-order valence-corrected chi connectivity index (χ0v) is 42.6. The van der Waals surface area contributed by atoms with Crippen molar-refractivity contribution in [3.8, 4) is 0 Å². The Labute approximate surface area is 464 Å². The van der Waals surface area contributed by atoms with Crippen LogP contribution in [0, 0.1) is 0 Å². The van der Waals surface area contributed by atoms with E-state index in [1.54, 1.807) is 48.5 Å². The molecule has 0 bridgehead atoms.